The second-order valence-corrected chi connectivity index (χ2v) is 7.63. The molecule has 2 N–H and O–H groups in total. The minimum atomic E-state index is -1.17. The summed E-state index contributed by atoms with van der Waals surface area (Å²) < 4.78 is 5.05. The number of anilines is 1. The number of carbonyl (C=O) groups excluding carboxylic acids is 4. The van der Waals surface area contributed by atoms with Crippen LogP contribution < -0.4 is 10.6 Å². The van der Waals surface area contributed by atoms with E-state index in [0.29, 0.717) is 5.69 Å². The zero-order valence-electron chi connectivity index (χ0n) is 15.8. The lowest BCUT2D eigenvalue weighted by Crippen LogP contribution is -2.46. The van der Waals surface area contributed by atoms with E-state index in [1.165, 1.54) is 25.1 Å². The molecule has 0 spiro atoms. The fraction of sp³-hybridized carbons (Fsp3) is 0.421. The molecule has 1 aromatic rings. The number of nitrogens with zero attached hydrogens (tertiary/aromatic N) is 2. The predicted octanol–water partition coefficient (Wildman–Crippen LogP) is 1.80. The van der Waals surface area contributed by atoms with E-state index < -0.39 is 42.0 Å². The number of urea groups is 1. The molecule has 9 nitrogen and oxygen atoms in total. The van der Waals surface area contributed by atoms with E-state index in [1.54, 1.807) is 6.92 Å². The first kappa shape index (κ1) is 20.6. The second kappa shape index (κ2) is 7.72. The Morgan fingerprint density at radius 2 is 2.14 bits per heavy atom. The Balaban J connectivity index is 1.55. The largest absolute Gasteiger partial charge is 0.451 e. The second-order valence-electron chi connectivity index (χ2n) is 7.23. The smallest absolute Gasteiger partial charge is 0.327 e. The van der Waals surface area contributed by atoms with Crippen LogP contribution in [0.4, 0.5) is 10.5 Å². The Morgan fingerprint density at radius 3 is 2.72 bits per heavy atom. The van der Waals surface area contributed by atoms with Gasteiger partial charge in [0.2, 0.25) is 0 Å². The van der Waals surface area contributed by atoms with Gasteiger partial charge in [0.05, 0.1) is 10.6 Å². The minimum absolute atomic E-state index is 0.0731. The average Bonchev–Trinajstić information content (AvgIpc) is 3.48. The van der Waals surface area contributed by atoms with E-state index in [2.05, 4.69) is 10.6 Å². The maximum absolute atomic E-state index is 12.5. The number of esters is 1. The number of rotatable bonds is 6. The van der Waals surface area contributed by atoms with Crippen LogP contribution in [-0.2, 0) is 19.1 Å². The maximum atomic E-state index is 12.5. The summed E-state index contributed by atoms with van der Waals surface area (Å²) in [6, 6.07) is 5.59. The molecule has 10 heteroatoms. The summed E-state index contributed by atoms with van der Waals surface area (Å²) in [5.74, 6) is -1.90. The van der Waals surface area contributed by atoms with Crippen molar-refractivity contribution < 1.29 is 23.9 Å². The van der Waals surface area contributed by atoms with Gasteiger partial charge in [-0.15, -0.1) is 0 Å². The molecule has 29 heavy (non-hydrogen) atoms. The van der Waals surface area contributed by atoms with Crippen LogP contribution in [0.25, 0.3) is 0 Å². The van der Waals surface area contributed by atoms with Crippen LogP contribution in [0.2, 0.25) is 5.02 Å². The molecule has 1 aromatic carbocycles. The molecule has 1 saturated carbocycles. The standard InChI is InChI=1S/C19H19ClN4O5/c1-10(16(26)22-13-6-3-11(8-21)14(20)7-13)29-15(25)9-24-17(27)19(2,12-4-5-12)23-18(24)28/h3,6-7,10,12H,4-5,9H2,1-2H3,(H,22,26)(H,23,28)/t10-,19+/m1/s1. The molecule has 0 radical (unpaired) electrons. The van der Waals surface area contributed by atoms with Crippen molar-refractivity contribution in [3.63, 3.8) is 0 Å². The molecule has 1 saturated heterocycles. The van der Waals surface area contributed by atoms with Crippen molar-refractivity contribution >= 4 is 41.1 Å². The Labute approximate surface area is 171 Å². The highest BCUT2D eigenvalue weighted by Crippen LogP contribution is 2.42. The fourth-order valence-corrected chi connectivity index (χ4v) is 3.36. The van der Waals surface area contributed by atoms with Crippen LogP contribution >= 0.6 is 11.6 Å². The number of imide groups is 1. The Hall–Kier alpha value is -3.12. The van der Waals surface area contributed by atoms with Crippen LogP contribution in [0.5, 0.6) is 0 Å². The molecular formula is C19H19ClN4O5. The highest BCUT2D eigenvalue weighted by atomic mass is 35.5. The minimum Gasteiger partial charge on any atom is -0.451 e. The Kier molecular flexibility index (Phi) is 5.48. The van der Waals surface area contributed by atoms with Crippen LogP contribution in [0.1, 0.15) is 32.3 Å². The molecule has 0 bridgehead atoms. The fourth-order valence-electron chi connectivity index (χ4n) is 3.14. The first-order valence-corrected chi connectivity index (χ1v) is 9.37. The first-order chi connectivity index (χ1) is 13.7. The van der Waals surface area contributed by atoms with Crippen molar-refractivity contribution in [2.24, 2.45) is 5.92 Å². The Morgan fingerprint density at radius 1 is 1.45 bits per heavy atom. The number of nitriles is 1. The number of carbonyl (C=O) groups is 4. The molecular weight excluding hydrogens is 400 g/mol. The summed E-state index contributed by atoms with van der Waals surface area (Å²) in [7, 11) is 0. The third-order valence-corrected chi connectivity index (χ3v) is 5.33. The van der Waals surface area contributed by atoms with E-state index in [0.717, 1.165) is 17.7 Å². The molecule has 1 aliphatic heterocycles. The molecule has 3 rings (SSSR count). The van der Waals surface area contributed by atoms with Gasteiger partial charge in [0.25, 0.3) is 11.8 Å². The third kappa shape index (κ3) is 4.17. The third-order valence-electron chi connectivity index (χ3n) is 5.02. The van der Waals surface area contributed by atoms with E-state index in [-0.39, 0.29) is 16.5 Å². The highest BCUT2D eigenvalue weighted by Gasteiger charge is 2.56. The number of halogens is 1. The van der Waals surface area contributed by atoms with E-state index in [9.17, 15) is 19.2 Å². The number of hydrogen-bond acceptors (Lipinski definition) is 6. The monoisotopic (exact) mass is 418 g/mol. The Bertz CT molecular complexity index is 939. The van der Waals surface area contributed by atoms with Crippen LogP contribution in [0.15, 0.2) is 18.2 Å². The first-order valence-electron chi connectivity index (χ1n) is 9.00. The van der Waals surface area contributed by atoms with Crippen molar-refractivity contribution in [1.29, 1.82) is 5.26 Å². The zero-order valence-corrected chi connectivity index (χ0v) is 16.6. The lowest BCUT2D eigenvalue weighted by atomic mass is 9.96. The van der Waals surface area contributed by atoms with Crippen molar-refractivity contribution in [2.45, 2.75) is 38.3 Å². The van der Waals surface area contributed by atoms with Gasteiger partial charge in [-0.05, 0) is 50.8 Å². The number of benzene rings is 1. The normalized spacial score (nSPS) is 21.9. The lowest BCUT2D eigenvalue weighted by molar-refractivity contribution is -0.155. The van der Waals surface area contributed by atoms with Crippen LogP contribution in [0, 0.1) is 17.2 Å². The number of hydrogen-bond donors (Lipinski definition) is 2. The maximum Gasteiger partial charge on any atom is 0.327 e. The molecule has 0 unspecified atom stereocenters. The molecule has 2 fully saturated rings. The summed E-state index contributed by atoms with van der Waals surface area (Å²) in [5.41, 5.74) is -0.401. The SMILES string of the molecule is C[C@@H](OC(=O)CN1C(=O)N[C@@](C)(C2CC2)C1=O)C(=O)Nc1ccc(C#N)c(Cl)c1. The van der Waals surface area contributed by atoms with Gasteiger partial charge in [-0.1, -0.05) is 11.6 Å². The van der Waals surface area contributed by atoms with Gasteiger partial charge < -0.3 is 15.4 Å². The van der Waals surface area contributed by atoms with Gasteiger partial charge in [-0.25, -0.2) is 4.79 Å². The summed E-state index contributed by atoms with van der Waals surface area (Å²) in [6.45, 7) is 2.43. The number of ether oxygens (including phenoxy) is 1. The summed E-state index contributed by atoms with van der Waals surface area (Å²) in [6.07, 6.45) is 0.516. The van der Waals surface area contributed by atoms with E-state index >= 15 is 0 Å². The molecule has 2 atom stereocenters. The highest BCUT2D eigenvalue weighted by molar-refractivity contribution is 6.32. The van der Waals surface area contributed by atoms with Crippen molar-refractivity contribution in [3.05, 3.63) is 28.8 Å². The molecule has 1 heterocycles. The van der Waals surface area contributed by atoms with Gasteiger partial charge in [0.15, 0.2) is 6.10 Å². The van der Waals surface area contributed by atoms with Gasteiger partial charge in [0, 0.05) is 5.69 Å². The number of nitrogens with one attached hydrogen (secondary N) is 2. The summed E-state index contributed by atoms with van der Waals surface area (Å²) in [5, 5.41) is 14.2. The van der Waals surface area contributed by atoms with E-state index in [1.807, 2.05) is 6.07 Å². The van der Waals surface area contributed by atoms with Gasteiger partial charge in [-0.3, -0.25) is 19.3 Å². The van der Waals surface area contributed by atoms with Crippen LogP contribution in [-0.4, -0.2) is 46.9 Å². The molecule has 1 aliphatic carbocycles. The van der Waals surface area contributed by atoms with Gasteiger partial charge >= 0.3 is 12.0 Å². The van der Waals surface area contributed by atoms with Crippen molar-refractivity contribution in [2.75, 3.05) is 11.9 Å². The van der Waals surface area contributed by atoms with E-state index in [4.69, 9.17) is 21.6 Å². The summed E-state index contributed by atoms with van der Waals surface area (Å²) >= 11 is 5.91. The lowest BCUT2D eigenvalue weighted by Gasteiger charge is -2.21. The molecule has 4 amide bonds. The predicted molar refractivity (Wildman–Crippen MR) is 102 cm³/mol. The molecule has 152 valence electrons. The van der Waals surface area contributed by atoms with Crippen LogP contribution in [0.3, 0.4) is 0 Å². The average molecular weight is 419 g/mol. The van der Waals surface area contributed by atoms with Gasteiger partial charge in [-0.2, -0.15) is 5.26 Å². The molecule has 0 aromatic heterocycles. The van der Waals surface area contributed by atoms with Gasteiger partial charge in [0.1, 0.15) is 18.2 Å². The van der Waals surface area contributed by atoms with Crippen molar-refractivity contribution in [1.82, 2.24) is 10.2 Å². The summed E-state index contributed by atoms with van der Waals surface area (Å²) in [4.78, 5) is 49.8. The molecule has 2 aliphatic rings. The zero-order chi connectivity index (χ0) is 21.3. The number of amides is 4. The quantitative estimate of drug-likeness (QED) is 0.535. The topological polar surface area (TPSA) is 129 Å². The van der Waals surface area contributed by atoms with Crippen molar-refractivity contribution in [3.8, 4) is 6.07 Å².